The summed E-state index contributed by atoms with van der Waals surface area (Å²) in [6, 6.07) is 0. The minimum atomic E-state index is -1.34. The SMILES string of the molecule is CC1CCOC(C2OC2C(C)(O)C(C)(CO)CCC2=CCNC(N)=C2)(C2CCC3(O)C4=CC(=O)C5CC(O)CCC5(C5CCCCC5)C4CCC23C)C1. The van der Waals surface area contributed by atoms with Crippen LogP contribution < -0.4 is 11.1 Å². The van der Waals surface area contributed by atoms with E-state index in [-0.39, 0.29) is 41.7 Å². The second-order valence-electron chi connectivity index (χ2n) is 19.9. The predicted octanol–water partition coefficient (Wildman–Crippen LogP) is 5.59. The maximum Gasteiger partial charge on any atom is 0.159 e. The van der Waals surface area contributed by atoms with Crippen molar-refractivity contribution in [2.75, 3.05) is 19.8 Å². The number of rotatable bonds is 9. The number of nitrogens with one attached hydrogen (secondary N) is 1. The molecule has 0 aromatic rings. The van der Waals surface area contributed by atoms with Crippen LogP contribution in [0.4, 0.5) is 0 Å². The number of allylic oxidation sites excluding steroid dienone is 3. The van der Waals surface area contributed by atoms with E-state index in [4.69, 9.17) is 15.2 Å². The standard InChI is InChI=1S/C44H68N2O7/c1-27-15-21-52-43(25-27,38-37(53-38)41(4,50)39(2,26-47)16-10-28-14-20-46-36(45)22-28)35-13-19-44(51)32-24-34(49)33-23-30(48)11-18-42(33,29-8-6-5-7-9-29)31(32)12-17-40(35,44)3/h14,22,24,27,29-31,33,35,37-38,46-48,50-51H,5-13,15-21,23,25-26,45H2,1-4H3. The Bertz CT molecular complexity index is 1530. The van der Waals surface area contributed by atoms with E-state index in [1.807, 2.05) is 26.0 Å². The van der Waals surface area contributed by atoms with Crippen LogP contribution in [0, 0.1) is 45.8 Å². The van der Waals surface area contributed by atoms with Crippen molar-refractivity contribution < 1.29 is 34.7 Å². The van der Waals surface area contributed by atoms with Crippen molar-refractivity contribution in [3.63, 3.8) is 0 Å². The molecule has 8 aliphatic rings. The lowest BCUT2D eigenvalue weighted by atomic mass is 9.41. The molecule has 0 spiro atoms. The van der Waals surface area contributed by atoms with E-state index in [1.165, 1.54) is 19.3 Å². The minimum Gasteiger partial charge on any atom is -0.396 e. The highest BCUT2D eigenvalue weighted by molar-refractivity contribution is 5.95. The van der Waals surface area contributed by atoms with Gasteiger partial charge in [-0.25, -0.2) is 0 Å². The van der Waals surface area contributed by atoms with Gasteiger partial charge < -0.3 is 41.0 Å². The van der Waals surface area contributed by atoms with E-state index in [1.54, 1.807) is 0 Å². The molecule has 7 N–H and O–H groups in total. The number of nitrogens with two attached hydrogens (primary N) is 1. The number of epoxide rings is 1. The first-order valence-electron chi connectivity index (χ1n) is 21.3. The van der Waals surface area contributed by atoms with Crippen LogP contribution in [-0.4, -0.2) is 81.1 Å². The van der Waals surface area contributed by atoms with Crippen LogP contribution in [0.2, 0.25) is 0 Å². The van der Waals surface area contributed by atoms with E-state index in [0.717, 1.165) is 68.9 Å². The number of carbonyl (C=O) groups is 1. The quantitative estimate of drug-likeness (QED) is 0.166. The van der Waals surface area contributed by atoms with Crippen LogP contribution in [0.15, 0.2) is 35.2 Å². The fourth-order valence-corrected chi connectivity index (χ4v) is 14.0. The molecule has 8 rings (SSSR count). The average molecular weight is 737 g/mol. The van der Waals surface area contributed by atoms with Gasteiger partial charge in [-0.2, -0.15) is 0 Å². The first kappa shape index (κ1) is 38.1. The molecule has 0 aromatic heterocycles. The van der Waals surface area contributed by atoms with Crippen LogP contribution in [0.5, 0.6) is 0 Å². The Hall–Kier alpha value is -1.75. The molecule has 2 saturated heterocycles. The van der Waals surface area contributed by atoms with Gasteiger partial charge in [-0.3, -0.25) is 4.79 Å². The molecule has 9 heteroatoms. The Morgan fingerprint density at radius 2 is 1.79 bits per heavy atom. The zero-order valence-electron chi connectivity index (χ0n) is 32.9. The lowest BCUT2D eigenvalue weighted by molar-refractivity contribution is -0.197. The molecule has 0 aromatic carbocycles. The van der Waals surface area contributed by atoms with Crippen molar-refractivity contribution in [1.82, 2.24) is 5.32 Å². The molecule has 5 aliphatic carbocycles. The number of fused-ring (bicyclic) bond motifs is 5. The smallest absolute Gasteiger partial charge is 0.159 e. The fraction of sp³-hybridized carbons (Fsp3) is 0.841. The molecule has 0 amide bonds. The summed E-state index contributed by atoms with van der Waals surface area (Å²) in [7, 11) is 0. The Kier molecular flexibility index (Phi) is 9.67. The van der Waals surface area contributed by atoms with Crippen LogP contribution in [0.3, 0.4) is 0 Å². The summed E-state index contributed by atoms with van der Waals surface area (Å²) in [6.07, 6.45) is 18.8. The van der Waals surface area contributed by atoms with Crippen molar-refractivity contribution in [3.8, 4) is 0 Å². The molecule has 6 fully saturated rings. The number of ketones is 1. The Balaban J connectivity index is 1.11. The van der Waals surface area contributed by atoms with Crippen molar-refractivity contribution in [1.29, 1.82) is 0 Å². The average Bonchev–Trinajstić information content (AvgIpc) is 3.91. The minimum absolute atomic E-state index is 0.0320. The van der Waals surface area contributed by atoms with Crippen molar-refractivity contribution in [2.45, 2.75) is 166 Å². The number of aliphatic hydroxyl groups is 4. The number of hydrogen-bond donors (Lipinski definition) is 6. The van der Waals surface area contributed by atoms with Crippen LogP contribution in [0.25, 0.3) is 0 Å². The molecule has 0 radical (unpaired) electrons. The lowest BCUT2D eigenvalue weighted by Gasteiger charge is -2.64. The van der Waals surface area contributed by atoms with Gasteiger partial charge in [0.15, 0.2) is 5.78 Å². The number of hydrogen-bond acceptors (Lipinski definition) is 9. The molecule has 0 bridgehead atoms. The maximum atomic E-state index is 14.4. The Morgan fingerprint density at radius 1 is 1.02 bits per heavy atom. The third-order valence-electron chi connectivity index (χ3n) is 17.4. The molecule has 296 valence electrons. The lowest BCUT2D eigenvalue weighted by Crippen LogP contribution is -2.64. The normalized spacial score (nSPS) is 46.7. The fourth-order valence-electron chi connectivity index (χ4n) is 14.0. The van der Waals surface area contributed by atoms with Crippen molar-refractivity contribution >= 4 is 5.78 Å². The Morgan fingerprint density at radius 3 is 2.51 bits per heavy atom. The zero-order chi connectivity index (χ0) is 37.6. The first-order valence-corrected chi connectivity index (χ1v) is 21.3. The first-order chi connectivity index (χ1) is 25.1. The van der Waals surface area contributed by atoms with Gasteiger partial charge in [0.25, 0.3) is 0 Å². The molecular weight excluding hydrogens is 668 g/mol. The molecule has 13 unspecified atom stereocenters. The summed E-state index contributed by atoms with van der Waals surface area (Å²) < 4.78 is 13.7. The summed E-state index contributed by atoms with van der Waals surface area (Å²) in [5.74, 6) is 1.55. The van der Waals surface area contributed by atoms with E-state index in [9.17, 15) is 25.2 Å². The number of dihydropyridines is 1. The number of aliphatic hydroxyl groups excluding tert-OH is 2. The summed E-state index contributed by atoms with van der Waals surface area (Å²) in [5, 5.41) is 50.7. The zero-order valence-corrected chi connectivity index (χ0v) is 32.9. The summed E-state index contributed by atoms with van der Waals surface area (Å²) >= 11 is 0. The highest BCUT2D eigenvalue weighted by Gasteiger charge is 2.75. The van der Waals surface area contributed by atoms with E-state index in [2.05, 4.69) is 25.2 Å². The van der Waals surface area contributed by atoms with Gasteiger partial charge >= 0.3 is 0 Å². The van der Waals surface area contributed by atoms with Gasteiger partial charge in [-0.15, -0.1) is 0 Å². The summed E-state index contributed by atoms with van der Waals surface area (Å²) in [5.41, 5.74) is 3.35. The second kappa shape index (κ2) is 13.4. The van der Waals surface area contributed by atoms with Gasteiger partial charge in [0.05, 0.1) is 29.7 Å². The molecule has 13 atom stereocenters. The molecule has 3 aliphatic heterocycles. The van der Waals surface area contributed by atoms with E-state index < -0.39 is 39.8 Å². The van der Waals surface area contributed by atoms with Crippen molar-refractivity contribution in [3.05, 3.63) is 35.2 Å². The van der Waals surface area contributed by atoms with Gasteiger partial charge in [0.1, 0.15) is 17.8 Å². The second-order valence-corrected chi connectivity index (χ2v) is 19.9. The van der Waals surface area contributed by atoms with Crippen LogP contribution in [0.1, 0.15) is 130 Å². The number of ether oxygens (including phenoxy) is 2. The summed E-state index contributed by atoms with van der Waals surface area (Å²) in [6.45, 7) is 9.41. The predicted molar refractivity (Wildman–Crippen MR) is 203 cm³/mol. The third kappa shape index (κ3) is 5.70. The van der Waals surface area contributed by atoms with E-state index in [0.29, 0.717) is 56.5 Å². The molecular formula is C44H68N2O7. The topological polar surface area (TPSA) is 158 Å². The number of carbonyl (C=O) groups excluding carboxylic acids is 1. The highest BCUT2D eigenvalue weighted by atomic mass is 16.6. The highest BCUT2D eigenvalue weighted by Crippen LogP contribution is 2.72. The molecule has 3 heterocycles. The van der Waals surface area contributed by atoms with Gasteiger partial charge in [0.2, 0.25) is 0 Å². The Labute approximate surface area is 317 Å². The summed E-state index contributed by atoms with van der Waals surface area (Å²) in [4.78, 5) is 14.4. The molecule has 53 heavy (non-hydrogen) atoms. The molecule has 9 nitrogen and oxygen atoms in total. The van der Waals surface area contributed by atoms with Gasteiger partial charge in [0, 0.05) is 29.9 Å². The third-order valence-corrected chi connectivity index (χ3v) is 17.4. The van der Waals surface area contributed by atoms with Crippen LogP contribution in [-0.2, 0) is 14.3 Å². The molecule has 4 saturated carbocycles. The largest absolute Gasteiger partial charge is 0.396 e. The van der Waals surface area contributed by atoms with Gasteiger partial charge in [-0.05, 0) is 143 Å². The van der Waals surface area contributed by atoms with E-state index >= 15 is 0 Å². The van der Waals surface area contributed by atoms with Gasteiger partial charge in [-0.1, -0.05) is 46.1 Å². The maximum absolute atomic E-state index is 14.4. The monoisotopic (exact) mass is 737 g/mol. The van der Waals surface area contributed by atoms with Crippen molar-refractivity contribution in [2.24, 2.45) is 51.6 Å². The van der Waals surface area contributed by atoms with Crippen LogP contribution >= 0.6 is 0 Å².